The molecule has 0 aliphatic rings. The smallest absolute Gasteiger partial charge is 0.269 e. The molecule has 0 radical (unpaired) electrons. The number of aromatic nitrogens is 2. The molecule has 1 atom stereocenters. The first-order chi connectivity index (χ1) is 17.7. The summed E-state index contributed by atoms with van der Waals surface area (Å²) in [5, 5.41) is 11.0. The average Bonchev–Trinajstić information content (AvgIpc) is 2.89. The van der Waals surface area contributed by atoms with Crippen LogP contribution in [0.4, 0.5) is 17.5 Å². The van der Waals surface area contributed by atoms with Gasteiger partial charge < -0.3 is 25.5 Å². The SMILES string of the molecule is COc1ccc(Cc2cnc(N)nc2N)cc1OCc1ccc(S(=O)[O-])cc1-c1ccc([N+](=O)[O-])cc1. The van der Waals surface area contributed by atoms with Gasteiger partial charge in [0.2, 0.25) is 5.95 Å². The number of rotatable bonds is 9. The molecule has 1 aromatic heterocycles. The number of nitrogens with zero attached hydrogens (tertiary/aromatic N) is 3. The number of hydrogen-bond donors (Lipinski definition) is 2. The van der Waals surface area contributed by atoms with E-state index in [1.54, 1.807) is 36.5 Å². The Bertz CT molecular complexity index is 1480. The summed E-state index contributed by atoms with van der Waals surface area (Å²) >= 11 is -2.45. The van der Waals surface area contributed by atoms with Crippen molar-refractivity contribution in [2.24, 2.45) is 0 Å². The van der Waals surface area contributed by atoms with E-state index in [-0.39, 0.29) is 29.0 Å². The second-order valence-electron chi connectivity index (χ2n) is 7.95. The van der Waals surface area contributed by atoms with Gasteiger partial charge in [0.05, 0.1) is 12.0 Å². The van der Waals surface area contributed by atoms with Gasteiger partial charge in [-0.15, -0.1) is 0 Å². The molecule has 0 amide bonds. The van der Waals surface area contributed by atoms with Crippen molar-refractivity contribution in [2.75, 3.05) is 18.6 Å². The summed E-state index contributed by atoms with van der Waals surface area (Å²) in [6.45, 7) is 0.0744. The van der Waals surface area contributed by atoms with Crippen LogP contribution < -0.4 is 20.9 Å². The lowest BCUT2D eigenvalue weighted by atomic mass is 10.00. The summed E-state index contributed by atoms with van der Waals surface area (Å²) in [4.78, 5) is 18.6. The number of methoxy groups -OCH3 is 1. The second kappa shape index (κ2) is 11.0. The fourth-order valence-corrected chi connectivity index (χ4v) is 4.10. The molecule has 4 aromatic rings. The number of anilines is 2. The van der Waals surface area contributed by atoms with Crippen molar-refractivity contribution >= 4 is 28.5 Å². The van der Waals surface area contributed by atoms with Gasteiger partial charge in [0.1, 0.15) is 12.4 Å². The summed E-state index contributed by atoms with van der Waals surface area (Å²) in [6.07, 6.45) is 2.00. The lowest BCUT2D eigenvalue weighted by Gasteiger charge is -2.16. The molecule has 1 heterocycles. The number of non-ortho nitro benzene ring substituents is 1. The fourth-order valence-electron chi connectivity index (χ4n) is 3.71. The highest BCUT2D eigenvalue weighted by atomic mass is 32.2. The minimum absolute atomic E-state index is 0.0706. The van der Waals surface area contributed by atoms with Gasteiger partial charge in [0, 0.05) is 35.2 Å². The first kappa shape index (κ1) is 25.5. The van der Waals surface area contributed by atoms with Crippen molar-refractivity contribution in [3.8, 4) is 22.6 Å². The third-order valence-electron chi connectivity index (χ3n) is 5.59. The largest absolute Gasteiger partial charge is 0.768 e. The van der Waals surface area contributed by atoms with Gasteiger partial charge in [-0.05, 0) is 69.7 Å². The van der Waals surface area contributed by atoms with Crippen LogP contribution in [-0.2, 0) is 24.1 Å². The van der Waals surface area contributed by atoms with E-state index in [4.69, 9.17) is 20.9 Å². The van der Waals surface area contributed by atoms with E-state index in [0.29, 0.717) is 40.2 Å². The van der Waals surface area contributed by atoms with Crippen molar-refractivity contribution in [3.05, 3.63) is 93.7 Å². The van der Waals surface area contributed by atoms with Crippen LogP contribution in [0, 0.1) is 10.1 Å². The van der Waals surface area contributed by atoms with Crippen LogP contribution in [-0.4, -0.2) is 30.8 Å². The maximum absolute atomic E-state index is 11.6. The molecule has 11 nitrogen and oxygen atoms in total. The molecule has 12 heteroatoms. The molecule has 0 spiro atoms. The maximum atomic E-state index is 11.6. The average molecular weight is 521 g/mol. The Morgan fingerprint density at radius 3 is 2.41 bits per heavy atom. The van der Waals surface area contributed by atoms with E-state index in [2.05, 4.69) is 9.97 Å². The van der Waals surface area contributed by atoms with E-state index < -0.39 is 16.0 Å². The fraction of sp³-hybridized carbons (Fsp3) is 0.120. The van der Waals surface area contributed by atoms with Gasteiger partial charge in [-0.1, -0.05) is 12.1 Å². The molecule has 3 aromatic carbocycles. The van der Waals surface area contributed by atoms with E-state index in [9.17, 15) is 18.9 Å². The summed E-state index contributed by atoms with van der Waals surface area (Å²) in [6, 6.07) is 15.9. The standard InChI is InChI=1S/C25H23N5O6S/c1-35-22-9-2-15(10-18-13-28-25(27)29-24(18)26)11-23(22)36-14-17-5-8-20(37(33)34)12-21(17)16-3-6-19(7-4-16)30(31)32/h2-9,11-13H,10,14H2,1H3,(H,33,34)(H4,26,27,28,29)/p-1. The summed E-state index contributed by atoms with van der Waals surface area (Å²) in [5.74, 6) is 1.34. The molecule has 0 bridgehead atoms. The molecule has 0 aliphatic carbocycles. The minimum Gasteiger partial charge on any atom is -0.768 e. The molecule has 190 valence electrons. The third kappa shape index (κ3) is 6.00. The zero-order valence-electron chi connectivity index (χ0n) is 19.6. The number of nitrogens with two attached hydrogens (primary N) is 2. The van der Waals surface area contributed by atoms with Crippen LogP contribution in [0.15, 0.2) is 71.8 Å². The molecular formula is C25H22N5O6S-. The highest BCUT2D eigenvalue weighted by molar-refractivity contribution is 7.79. The Hall–Kier alpha value is -4.55. The topological polar surface area (TPSA) is 180 Å². The first-order valence-corrected chi connectivity index (χ1v) is 12.0. The quantitative estimate of drug-likeness (QED) is 0.188. The van der Waals surface area contributed by atoms with E-state index in [1.807, 2.05) is 6.07 Å². The lowest BCUT2D eigenvalue weighted by Crippen LogP contribution is -2.05. The minimum atomic E-state index is -2.45. The number of hydrogen-bond acceptors (Lipinski definition) is 10. The van der Waals surface area contributed by atoms with Gasteiger partial charge in [-0.2, -0.15) is 4.98 Å². The molecule has 4 N–H and O–H groups in total. The summed E-state index contributed by atoms with van der Waals surface area (Å²) < 4.78 is 34.7. The number of nitrogen functional groups attached to an aromatic ring is 2. The predicted molar refractivity (Wildman–Crippen MR) is 137 cm³/mol. The Kier molecular flexibility index (Phi) is 7.60. The lowest BCUT2D eigenvalue weighted by molar-refractivity contribution is -0.384. The molecule has 4 rings (SSSR count). The van der Waals surface area contributed by atoms with Gasteiger partial charge in [0.25, 0.3) is 5.69 Å². The summed E-state index contributed by atoms with van der Waals surface area (Å²) in [5.41, 5.74) is 14.9. The van der Waals surface area contributed by atoms with Crippen LogP contribution >= 0.6 is 0 Å². The molecule has 37 heavy (non-hydrogen) atoms. The number of nitro benzene ring substituents is 1. The third-order valence-corrected chi connectivity index (χ3v) is 6.22. The Labute approximate surface area is 214 Å². The Balaban J connectivity index is 1.63. The van der Waals surface area contributed by atoms with Gasteiger partial charge >= 0.3 is 0 Å². The monoisotopic (exact) mass is 520 g/mol. The van der Waals surface area contributed by atoms with Crippen molar-refractivity contribution < 1.29 is 23.2 Å². The molecule has 0 fully saturated rings. The predicted octanol–water partition coefficient (Wildman–Crippen LogP) is 3.63. The van der Waals surface area contributed by atoms with Crippen LogP contribution in [0.25, 0.3) is 11.1 Å². The highest BCUT2D eigenvalue weighted by Crippen LogP contribution is 2.33. The van der Waals surface area contributed by atoms with Gasteiger partial charge in [-0.25, -0.2) is 4.98 Å². The van der Waals surface area contributed by atoms with Crippen molar-refractivity contribution in [1.29, 1.82) is 0 Å². The zero-order valence-corrected chi connectivity index (χ0v) is 20.4. The number of nitro groups is 1. The molecule has 0 saturated heterocycles. The number of benzene rings is 3. The van der Waals surface area contributed by atoms with E-state index >= 15 is 0 Å². The van der Waals surface area contributed by atoms with Crippen molar-refractivity contribution in [3.63, 3.8) is 0 Å². The normalized spacial score (nSPS) is 11.6. The van der Waals surface area contributed by atoms with Crippen LogP contribution in [0.3, 0.4) is 0 Å². The zero-order chi connectivity index (χ0) is 26.5. The first-order valence-electron chi connectivity index (χ1n) is 10.9. The highest BCUT2D eigenvalue weighted by Gasteiger charge is 2.13. The molecule has 0 aliphatic heterocycles. The Morgan fingerprint density at radius 2 is 1.76 bits per heavy atom. The van der Waals surface area contributed by atoms with E-state index in [0.717, 1.165) is 5.56 Å². The van der Waals surface area contributed by atoms with Gasteiger partial charge in [0.15, 0.2) is 11.5 Å². The van der Waals surface area contributed by atoms with Crippen LogP contribution in [0.5, 0.6) is 11.5 Å². The summed E-state index contributed by atoms with van der Waals surface area (Å²) in [7, 11) is 1.52. The van der Waals surface area contributed by atoms with Crippen LogP contribution in [0.2, 0.25) is 0 Å². The van der Waals surface area contributed by atoms with Crippen LogP contribution in [0.1, 0.15) is 16.7 Å². The molecule has 1 unspecified atom stereocenters. The molecular weight excluding hydrogens is 498 g/mol. The molecule has 0 saturated carbocycles. The van der Waals surface area contributed by atoms with Crippen molar-refractivity contribution in [1.82, 2.24) is 9.97 Å². The number of ether oxygens (including phenoxy) is 2. The van der Waals surface area contributed by atoms with Gasteiger partial charge in [-0.3, -0.25) is 14.3 Å². The van der Waals surface area contributed by atoms with Crippen molar-refractivity contribution in [2.45, 2.75) is 17.9 Å². The maximum Gasteiger partial charge on any atom is 0.269 e. The second-order valence-corrected chi connectivity index (χ2v) is 8.89. The Morgan fingerprint density at radius 1 is 1.00 bits per heavy atom. The van der Waals surface area contributed by atoms with E-state index in [1.165, 1.54) is 31.4 Å².